The maximum atomic E-state index is 9.46. The molecule has 70 valence electrons. The van der Waals surface area contributed by atoms with Crippen LogP contribution in [-0.2, 0) is 0 Å². The van der Waals surface area contributed by atoms with Crippen LogP contribution in [0, 0.1) is 11.3 Å². The van der Waals surface area contributed by atoms with Crippen molar-refractivity contribution in [2.75, 3.05) is 0 Å². The third-order valence-electron chi connectivity index (χ3n) is 1.65. The van der Waals surface area contributed by atoms with Crippen LogP contribution >= 0.6 is 11.3 Å². The van der Waals surface area contributed by atoms with Gasteiger partial charge in [0.25, 0.3) is 0 Å². The van der Waals surface area contributed by atoms with Crippen molar-refractivity contribution < 1.29 is 5.11 Å². The number of aliphatic hydroxyl groups excluding tert-OH is 1. The highest BCUT2D eigenvalue weighted by Gasteiger charge is 2.12. The zero-order chi connectivity index (χ0) is 9.84. The van der Waals surface area contributed by atoms with Crippen molar-refractivity contribution in [3.8, 4) is 6.07 Å². The molecule has 0 aliphatic heterocycles. The smallest absolute Gasteiger partial charge is 0.103 e. The van der Waals surface area contributed by atoms with Crippen LogP contribution in [0.2, 0.25) is 0 Å². The first-order chi connectivity index (χ1) is 6.15. The third-order valence-corrected chi connectivity index (χ3v) is 3.05. The van der Waals surface area contributed by atoms with Gasteiger partial charge in [-0.15, -0.1) is 11.3 Å². The second kappa shape index (κ2) is 4.35. The molecule has 0 aliphatic rings. The molecule has 1 aromatic heterocycles. The van der Waals surface area contributed by atoms with Gasteiger partial charge in [-0.25, -0.2) is 4.98 Å². The lowest BCUT2D eigenvalue weighted by Gasteiger charge is -2.00. The molecule has 3 nitrogen and oxygen atoms in total. The van der Waals surface area contributed by atoms with E-state index in [9.17, 15) is 5.11 Å². The Hall–Kier alpha value is -0.920. The SMILES string of the molecule is CC(C)c1ncc(C(O)CC#N)s1. The first-order valence-corrected chi connectivity index (χ1v) is 4.97. The molecule has 13 heavy (non-hydrogen) atoms. The molecule has 0 bridgehead atoms. The Morgan fingerprint density at radius 2 is 2.38 bits per heavy atom. The molecule has 1 unspecified atom stereocenters. The zero-order valence-electron chi connectivity index (χ0n) is 7.69. The van der Waals surface area contributed by atoms with Crippen LogP contribution in [0.25, 0.3) is 0 Å². The molecule has 1 heterocycles. The summed E-state index contributed by atoms with van der Waals surface area (Å²) in [4.78, 5) is 4.95. The lowest BCUT2D eigenvalue weighted by atomic mass is 10.2. The number of rotatable bonds is 3. The molecule has 1 N–H and O–H groups in total. The van der Waals surface area contributed by atoms with Crippen LogP contribution in [0.1, 0.15) is 42.2 Å². The van der Waals surface area contributed by atoms with E-state index in [1.165, 1.54) is 11.3 Å². The van der Waals surface area contributed by atoms with Gasteiger partial charge in [-0.05, 0) is 0 Å². The molecular weight excluding hydrogens is 184 g/mol. The summed E-state index contributed by atoms with van der Waals surface area (Å²) >= 11 is 1.48. The minimum absolute atomic E-state index is 0.139. The van der Waals surface area contributed by atoms with Gasteiger partial charge in [-0.3, -0.25) is 0 Å². The highest BCUT2D eigenvalue weighted by atomic mass is 32.1. The van der Waals surface area contributed by atoms with Crippen molar-refractivity contribution in [2.24, 2.45) is 0 Å². The van der Waals surface area contributed by atoms with Crippen LogP contribution in [0.3, 0.4) is 0 Å². The molecular formula is C9H12N2OS. The zero-order valence-corrected chi connectivity index (χ0v) is 8.51. The van der Waals surface area contributed by atoms with Gasteiger partial charge in [0.15, 0.2) is 0 Å². The third kappa shape index (κ3) is 2.51. The molecule has 0 fully saturated rings. The van der Waals surface area contributed by atoms with E-state index < -0.39 is 6.10 Å². The Kier molecular flexibility index (Phi) is 3.40. The second-order valence-corrected chi connectivity index (χ2v) is 4.23. The van der Waals surface area contributed by atoms with E-state index in [4.69, 9.17) is 5.26 Å². The van der Waals surface area contributed by atoms with E-state index >= 15 is 0 Å². The summed E-state index contributed by atoms with van der Waals surface area (Å²) in [6.45, 7) is 4.11. The van der Waals surface area contributed by atoms with Gasteiger partial charge in [0.1, 0.15) is 6.10 Å². The Balaban J connectivity index is 2.74. The summed E-state index contributed by atoms with van der Waals surface area (Å²) in [5.41, 5.74) is 0. The van der Waals surface area contributed by atoms with Gasteiger partial charge >= 0.3 is 0 Å². The molecule has 1 atom stereocenters. The fraction of sp³-hybridized carbons (Fsp3) is 0.556. The number of nitriles is 1. The Labute approximate surface area is 81.7 Å². The molecule has 0 saturated heterocycles. The fourth-order valence-corrected chi connectivity index (χ4v) is 1.82. The Morgan fingerprint density at radius 3 is 2.85 bits per heavy atom. The Bertz CT molecular complexity index is 314. The van der Waals surface area contributed by atoms with E-state index in [-0.39, 0.29) is 6.42 Å². The number of aromatic nitrogens is 1. The standard InChI is InChI=1S/C9H12N2OS/c1-6(2)9-11-5-8(13-9)7(12)3-4-10/h5-7,12H,3H2,1-2H3. The Morgan fingerprint density at radius 1 is 1.69 bits per heavy atom. The van der Waals surface area contributed by atoms with Crippen LogP contribution in [0.5, 0.6) is 0 Å². The molecule has 0 aliphatic carbocycles. The molecule has 0 amide bonds. The highest BCUT2D eigenvalue weighted by molar-refractivity contribution is 7.11. The first-order valence-electron chi connectivity index (χ1n) is 4.15. The summed E-state index contributed by atoms with van der Waals surface area (Å²) in [5.74, 6) is 0.382. The van der Waals surface area contributed by atoms with Gasteiger partial charge in [0.2, 0.25) is 0 Å². The van der Waals surface area contributed by atoms with Crippen molar-refractivity contribution in [1.29, 1.82) is 5.26 Å². The van der Waals surface area contributed by atoms with E-state index in [0.717, 1.165) is 9.88 Å². The summed E-state index contributed by atoms with van der Waals surface area (Å²) in [6, 6.07) is 1.93. The van der Waals surface area contributed by atoms with Crippen molar-refractivity contribution in [3.05, 3.63) is 16.1 Å². The predicted molar refractivity (Wildman–Crippen MR) is 51.4 cm³/mol. The lowest BCUT2D eigenvalue weighted by Crippen LogP contribution is -1.91. The second-order valence-electron chi connectivity index (χ2n) is 3.13. The van der Waals surface area contributed by atoms with Crippen LogP contribution in [-0.4, -0.2) is 10.1 Å². The van der Waals surface area contributed by atoms with E-state index in [1.807, 2.05) is 6.07 Å². The lowest BCUT2D eigenvalue weighted by molar-refractivity contribution is 0.187. The molecule has 0 spiro atoms. The maximum absolute atomic E-state index is 9.46. The molecule has 0 aromatic carbocycles. The maximum Gasteiger partial charge on any atom is 0.103 e. The van der Waals surface area contributed by atoms with Gasteiger partial charge < -0.3 is 5.11 Å². The summed E-state index contributed by atoms with van der Waals surface area (Å²) in [5, 5.41) is 18.9. The minimum Gasteiger partial charge on any atom is -0.386 e. The monoisotopic (exact) mass is 196 g/mol. The number of hydrogen-bond donors (Lipinski definition) is 1. The van der Waals surface area contributed by atoms with Gasteiger partial charge in [0, 0.05) is 12.1 Å². The quantitative estimate of drug-likeness (QED) is 0.806. The average Bonchev–Trinajstić information content (AvgIpc) is 2.52. The van der Waals surface area contributed by atoms with Gasteiger partial charge in [-0.2, -0.15) is 5.26 Å². The fourth-order valence-electron chi connectivity index (χ4n) is 0.909. The predicted octanol–water partition coefficient (Wildman–Crippen LogP) is 2.21. The van der Waals surface area contributed by atoms with Crippen LogP contribution in [0.15, 0.2) is 6.20 Å². The normalized spacial score (nSPS) is 12.8. The highest BCUT2D eigenvalue weighted by Crippen LogP contribution is 2.26. The van der Waals surface area contributed by atoms with Crippen molar-refractivity contribution in [3.63, 3.8) is 0 Å². The summed E-state index contributed by atoms with van der Waals surface area (Å²) in [6.07, 6.45) is 1.12. The molecule has 1 rings (SSSR count). The molecule has 4 heteroatoms. The van der Waals surface area contributed by atoms with E-state index in [1.54, 1.807) is 6.20 Å². The van der Waals surface area contributed by atoms with E-state index in [2.05, 4.69) is 18.8 Å². The van der Waals surface area contributed by atoms with Gasteiger partial charge in [-0.1, -0.05) is 13.8 Å². The summed E-state index contributed by atoms with van der Waals surface area (Å²) in [7, 11) is 0. The minimum atomic E-state index is -0.671. The molecule has 0 saturated carbocycles. The molecule has 0 radical (unpaired) electrons. The number of hydrogen-bond acceptors (Lipinski definition) is 4. The number of nitrogens with zero attached hydrogens (tertiary/aromatic N) is 2. The van der Waals surface area contributed by atoms with Crippen molar-refractivity contribution in [2.45, 2.75) is 32.3 Å². The van der Waals surface area contributed by atoms with Gasteiger partial charge in [0.05, 0.1) is 22.4 Å². The van der Waals surface area contributed by atoms with Crippen molar-refractivity contribution >= 4 is 11.3 Å². The number of aliphatic hydroxyl groups is 1. The summed E-state index contributed by atoms with van der Waals surface area (Å²) < 4.78 is 0. The first kappa shape index (κ1) is 10.2. The average molecular weight is 196 g/mol. The topological polar surface area (TPSA) is 56.9 Å². The van der Waals surface area contributed by atoms with Crippen LogP contribution in [0.4, 0.5) is 0 Å². The largest absolute Gasteiger partial charge is 0.386 e. The molecule has 1 aromatic rings. The van der Waals surface area contributed by atoms with Crippen molar-refractivity contribution in [1.82, 2.24) is 4.98 Å². The number of thiazole rings is 1. The van der Waals surface area contributed by atoms with E-state index in [0.29, 0.717) is 5.92 Å². The van der Waals surface area contributed by atoms with Crippen LogP contribution < -0.4 is 0 Å².